The summed E-state index contributed by atoms with van der Waals surface area (Å²) in [5.74, 6) is 0. The lowest BCUT2D eigenvalue weighted by atomic mass is 10.2. The Morgan fingerprint density at radius 2 is 2.22 bits per heavy atom. The van der Waals surface area contributed by atoms with Gasteiger partial charge in [0.15, 0.2) is 0 Å². The SMILES string of the molecule is CCNCCCc1nnc(-c2cccc(I)c2)s1. The molecule has 0 aliphatic heterocycles. The maximum atomic E-state index is 4.27. The van der Waals surface area contributed by atoms with Crippen LogP contribution in [0.15, 0.2) is 24.3 Å². The van der Waals surface area contributed by atoms with Gasteiger partial charge in [0, 0.05) is 15.6 Å². The monoisotopic (exact) mass is 373 g/mol. The minimum Gasteiger partial charge on any atom is -0.317 e. The predicted octanol–water partition coefficient (Wildman–Crippen LogP) is 3.35. The smallest absolute Gasteiger partial charge is 0.147 e. The van der Waals surface area contributed by atoms with Crippen LogP contribution in [0.5, 0.6) is 0 Å². The van der Waals surface area contributed by atoms with Crippen LogP contribution in [0.4, 0.5) is 0 Å². The van der Waals surface area contributed by atoms with Gasteiger partial charge in [-0.1, -0.05) is 30.4 Å². The van der Waals surface area contributed by atoms with E-state index in [4.69, 9.17) is 0 Å². The molecule has 3 nitrogen and oxygen atoms in total. The lowest BCUT2D eigenvalue weighted by Crippen LogP contribution is -2.14. The zero-order valence-corrected chi connectivity index (χ0v) is 13.3. The van der Waals surface area contributed by atoms with Gasteiger partial charge in [0.1, 0.15) is 10.0 Å². The third-order valence-electron chi connectivity index (χ3n) is 2.53. The molecule has 0 fully saturated rings. The fourth-order valence-corrected chi connectivity index (χ4v) is 3.05. The second kappa shape index (κ2) is 7.16. The van der Waals surface area contributed by atoms with Crippen LogP contribution in [0.3, 0.4) is 0 Å². The van der Waals surface area contributed by atoms with E-state index in [1.807, 2.05) is 0 Å². The van der Waals surface area contributed by atoms with Crippen molar-refractivity contribution in [2.75, 3.05) is 13.1 Å². The van der Waals surface area contributed by atoms with Crippen molar-refractivity contribution in [2.45, 2.75) is 19.8 Å². The van der Waals surface area contributed by atoms with Crippen LogP contribution in [0, 0.1) is 3.57 Å². The molecule has 1 aromatic carbocycles. The Labute approximate surface area is 125 Å². The van der Waals surface area contributed by atoms with E-state index < -0.39 is 0 Å². The molecule has 18 heavy (non-hydrogen) atoms. The highest BCUT2D eigenvalue weighted by atomic mass is 127. The molecule has 0 amide bonds. The molecule has 5 heteroatoms. The molecule has 0 unspecified atom stereocenters. The molecule has 96 valence electrons. The quantitative estimate of drug-likeness (QED) is 0.624. The lowest BCUT2D eigenvalue weighted by Gasteiger charge is -1.98. The van der Waals surface area contributed by atoms with Crippen molar-refractivity contribution < 1.29 is 0 Å². The molecule has 0 aliphatic rings. The molecule has 0 spiro atoms. The van der Waals surface area contributed by atoms with Gasteiger partial charge in [0.2, 0.25) is 0 Å². The van der Waals surface area contributed by atoms with Crippen LogP contribution >= 0.6 is 33.9 Å². The van der Waals surface area contributed by atoms with Gasteiger partial charge in [-0.2, -0.15) is 0 Å². The molecule has 1 N–H and O–H groups in total. The molecule has 0 radical (unpaired) electrons. The fraction of sp³-hybridized carbons (Fsp3) is 0.385. The van der Waals surface area contributed by atoms with Crippen molar-refractivity contribution in [3.8, 4) is 10.6 Å². The molecule has 2 rings (SSSR count). The van der Waals surface area contributed by atoms with Crippen LogP contribution in [0.2, 0.25) is 0 Å². The standard InChI is InChI=1S/C13H16IN3S/c1-2-15-8-4-7-12-16-17-13(18-12)10-5-3-6-11(14)9-10/h3,5-6,9,15H,2,4,7-8H2,1H3. The first kappa shape index (κ1) is 13.9. The number of nitrogens with one attached hydrogen (secondary N) is 1. The van der Waals surface area contributed by atoms with E-state index in [1.165, 1.54) is 3.57 Å². The second-order valence-corrected chi connectivity index (χ2v) is 6.28. The highest BCUT2D eigenvalue weighted by Crippen LogP contribution is 2.25. The first-order valence-electron chi connectivity index (χ1n) is 6.08. The van der Waals surface area contributed by atoms with E-state index in [1.54, 1.807) is 11.3 Å². The molecule has 0 bridgehead atoms. The van der Waals surface area contributed by atoms with E-state index in [9.17, 15) is 0 Å². The van der Waals surface area contributed by atoms with Gasteiger partial charge in [0.05, 0.1) is 0 Å². The summed E-state index contributed by atoms with van der Waals surface area (Å²) in [6.07, 6.45) is 2.13. The Balaban J connectivity index is 1.97. The van der Waals surface area contributed by atoms with Gasteiger partial charge < -0.3 is 5.32 Å². The van der Waals surface area contributed by atoms with Gasteiger partial charge in [-0.15, -0.1) is 10.2 Å². The zero-order chi connectivity index (χ0) is 12.8. The van der Waals surface area contributed by atoms with Crippen LogP contribution in [0.25, 0.3) is 10.6 Å². The minimum absolute atomic E-state index is 1.01. The van der Waals surface area contributed by atoms with Crippen molar-refractivity contribution in [3.63, 3.8) is 0 Å². The van der Waals surface area contributed by atoms with Gasteiger partial charge in [-0.05, 0) is 54.2 Å². The third kappa shape index (κ3) is 4.00. The Morgan fingerprint density at radius 3 is 3.00 bits per heavy atom. The van der Waals surface area contributed by atoms with Crippen LogP contribution in [0.1, 0.15) is 18.4 Å². The van der Waals surface area contributed by atoms with Crippen molar-refractivity contribution in [1.29, 1.82) is 0 Å². The highest BCUT2D eigenvalue weighted by molar-refractivity contribution is 14.1. The first-order chi connectivity index (χ1) is 8.79. The van der Waals surface area contributed by atoms with E-state index >= 15 is 0 Å². The molecular formula is C13H16IN3S. The van der Waals surface area contributed by atoms with Gasteiger partial charge in [-0.25, -0.2) is 0 Å². The predicted molar refractivity (Wildman–Crippen MR) is 84.9 cm³/mol. The summed E-state index contributed by atoms with van der Waals surface area (Å²) in [5.41, 5.74) is 1.16. The molecule has 0 aliphatic carbocycles. The summed E-state index contributed by atoms with van der Waals surface area (Å²) in [6.45, 7) is 4.21. The third-order valence-corrected chi connectivity index (χ3v) is 4.24. The van der Waals surface area contributed by atoms with Crippen molar-refractivity contribution in [2.24, 2.45) is 0 Å². The van der Waals surface area contributed by atoms with Crippen LogP contribution in [-0.4, -0.2) is 23.3 Å². The number of benzene rings is 1. The van der Waals surface area contributed by atoms with Crippen LogP contribution in [-0.2, 0) is 6.42 Å². The second-order valence-electron chi connectivity index (χ2n) is 3.97. The molecule has 1 aromatic heterocycles. The topological polar surface area (TPSA) is 37.8 Å². The fourth-order valence-electron chi connectivity index (χ4n) is 1.63. The number of rotatable bonds is 6. The normalized spacial score (nSPS) is 10.8. The summed E-state index contributed by atoms with van der Waals surface area (Å²) in [5, 5.41) is 14.0. The summed E-state index contributed by atoms with van der Waals surface area (Å²) in [7, 11) is 0. The Hall–Kier alpha value is -0.530. The van der Waals surface area contributed by atoms with Gasteiger partial charge in [0.25, 0.3) is 0 Å². The van der Waals surface area contributed by atoms with Crippen molar-refractivity contribution in [3.05, 3.63) is 32.8 Å². The number of aromatic nitrogens is 2. The Bertz CT molecular complexity index is 498. The van der Waals surface area contributed by atoms with Gasteiger partial charge >= 0.3 is 0 Å². The number of nitrogens with zero attached hydrogens (tertiary/aromatic N) is 2. The maximum Gasteiger partial charge on any atom is 0.147 e. The van der Waals surface area contributed by atoms with E-state index in [-0.39, 0.29) is 0 Å². The van der Waals surface area contributed by atoms with E-state index in [0.717, 1.165) is 41.5 Å². The molecular weight excluding hydrogens is 357 g/mol. The first-order valence-corrected chi connectivity index (χ1v) is 7.98. The summed E-state index contributed by atoms with van der Waals surface area (Å²) < 4.78 is 1.23. The minimum atomic E-state index is 1.01. The molecule has 0 saturated carbocycles. The summed E-state index contributed by atoms with van der Waals surface area (Å²) in [4.78, 5) is 0. The van der Waals surface area contributed by atoms with Crippen molar-refractivity contribution >= 4 is 33.9 Å². The maximum absolute atomic E-state index is 4.27. The van der Waals surface area contributed by atoms with Crippen LogP contribution < -0.4 is 5.32 Å². The number of hydrogen-bond donors (Lipinski definition) is 1. The Morgan fingerprint density at radius 1 is 1.33 bits per heavy atom. The average Bonchev–Trinajstić information content (AvgIpc) is 2.83. The molecule has 2 aromatic rings. The summed E-state index contributed by atoms with van der Waals surface area (Å²) in [6, 6.07) is 8.38. The molecule has 0 saturated heterocycles. The number of aryl methyl sites for hydroxylation is 1. The van der Waals surface area contributed by atoms with E-state index in [2.05, 4.69) is 69.3 Å². The molecule has 0 atom stereocenters. The van der Waals surface area contributed by atoms with Gasteiger partial charge in [-0.3, -0.25) is 0 Å². The summed E-state index contributed by atoms with van der Waals surface area (Å²) >= 11 is 4.02. The van der Waals surface area contributed by atoms with E-state index in [0.29, 0.717) is 0 Å². The Kier molecular flexibility index (Phi) is 5.52. The zero-order valence-electron chi connectivity index (χ0n) is 10.3. The largest absolute Gasteiger partial charge is 0.317 e. The average molecular weight is 373 g/mol. The highest BCUT2D eigenvalue weighted by Gasteiger charge is 2.06. The molecule has 1 heterocycles. The van der Waals surface area contributed by atoms with Crippen molar-refractivity contribution in [1.82, 2.24) is 15.5 Å². The lowest BCUT2D eigenvalue weighted by molar-refractivity contribution is 0.669. The number of halogens is 1. The number of hydrogen-bond acceptors (Lipinski definition) is 4.